The Hall–Kier alpha value is -1.94. The van der Waals surface area contributed by atoms with E-state index >= 15 is 0 Å². The van der Waals surface area contributed by atoms with Crippen molar-refractivity contribution in [2.24, 2.45) is 5.16 Å². The molecule has 0 radical (unpaired) electrons. The van der Waals surface area contributed by atoms with Crippen molar-refractivity contribution in [1.29, 1.82) is 0 Å². The van der Waals surface area contributed by atoms with E-state index in [9.17, 15) is 4.79 Å². The zero-order valence-corrected chi connectivity index (χ0v) is 9.18. The molecule has 4 heteroatoms. The van der Waals surface area contributed by atoms with Crippen LogP contribution in [0.4, 0.5) is 0 Å². The first-order chi connectivity index (χ1) is 7.86. The number of rotatable bonds is 3. The SMILES string of the molecule is O=C(ON=Cc1ccccc1)c1cccs1. The van der Waals surface area contributed by atoms with E-state index in [4.69, 9.17) is 4.84 Å². The van der Waals surface area contributed by atoms with Crippen LogP contribution in [0, 0.1) is 0 Å². The Labute approximate surface area is 97.0 Å². The van der Waals surface area contributed by atoms with Crippen molar-refractivity contribution < 1.29 is 9.63 Å². The van der Waals surface area contributed by atoms with Crippen LogP contribution >= 0.6 is 11.3 Å². The van der Waals surface area contributed by atoms with Crippen LogP contribution in [0.5, 0.6) is 0 Å². The highest BCUT2D eigenvalue weighted by atomic mass is 32.1. The molecular formula is C12H9NO2S. The highest BCUT2D eigenvalue weighted by molar-refractivity contribution is 7.11. The van der Waals surface area contributed by atoms with Crippen LogP contribution in [0.3, 0.4) is 0 Å². The minimum Gasteiger partial charge on any atom is -0.312 e. The summed E-state index contributed by atoms with van der Waals surface area (Å²) in [5, 5.41) is 5.45. The Kier molecular flexibility index (Phi) is 3.46. The first-order valence-electron chi connectivity index (χ1n) is 4.69. The summed E-state index contributed by atoms with van der Waals surface area (Å²) in [5.74, 6) is -0.429. The lowest BCUT2D eigenvalue weighted by molar-refractivity contribution is 0.0525. The van der Waals surface area contributed by atoms with Gasteiger partial charge in [-0.15, -0.1) is 11.3 Å². The summed E-state index contributed by atoms with van der Waals surface area (Å²) in [6, 6.07) is 12.9. The van der Waals surface area contributed by atoms with Crippen molar-refractivity contribution in [3.63, 3.8) is 0 Å². The summed E-state index contributed by atoms with van der Waals surface area (Å²) in [7, 11) is 0. The maximum atomic E-state index is 11.4. The third kappa shape index (κ3) is 2.77. The molecule has 0 saturated heterocycles. The summed E-state index contributed by atoms with van der Waals surface area (Å²) in [6.07, 6.45) is 1.51. The van der Waals surface area contributed by atoms with E-state index in [1.165, 1.54) is 17.6 Å². The second kappa shape index (κ2) is 5.23. The predicted octanol–water partition coefficient (Wildman–Crippen LogP) is 2.94. The van der Waals surface area contributed by atoms with Crippen LogP contribution in [0.25, 0.3) is 0 Å². The van der Waals surface area contributed by atoms with E-state index in [2.05, 4.69) is 5.16 Å². The lowest BCUT2D eigenvalue weighted by Gasteiger charge is -1.93. The van der Waals surface area contributed by atoms with Gasteiger partial charge in [-0.25, -0.2) is 4.79 Å². The zero-order valence-electron chi connectivity index (χ0n) is 8.37. The van der Waals surface area contributed by atoms with Gasteiger partial charge in [-0.1, -0.05) is 41.6 Å². The normalized spacial score (nSPS) is 10.5. The van der Waals surface area contributed by atoms with Gasteiger partial charge in [0.05, 0.1) is 6.21 Å². The molecule has 2 rings (SSSR count). The van der Waals surface area contributed by atoms with Crippen molar-refractivity contribution in [3.05, 3.63) is 58.3 Å². The topological polar surface area (TPSA) is 38.7 Å². The molecule has 2 aromatic rings. The number of carbonyl (C=O) groups is 1. The Balaban J connectivity index is 1.93. The largest absolute Gasteiger partial charge is 0.375 e. The van der Waals surface area contributed by atoms with Crippen molar-refractivity contribution in [2.45, 2.75) is 0 Å². The lowest BCUT2D eigenvalue weighted by atomic mass is 10.2. The second-order valence-electron chi connectivity index (χ2n) is 3.00. The third-order valence-electron chi connectivity index (χ3n) is 1.86. The lowest BCUT2D eigenvalue weighted by Crippen LogP contribution is -1.97. The van der Waals surface area contributed by atoms with Crippen LogP contribution in [-0.4, -0.2) is 12.2 Å². The molecule has 3 nitrogen and oxygen atoms in total. The summed E-state index contributed by atoms with van der Waals surface area (Å²) in [6.45, 7) is 0. The molecule has 80 valence electrons. The van der Waals surface area contributed by atoms with Crippen molar-refractivity contribution >= 4 is 23.5 Å². The van der Waals surface area contributed by atoms with Gasteiger partial charge in [0.2, 0.25) is 0 Å². The van der Waals surface area contributed by atoms with E-state index in [1.807, 2.05) is 35.7 Å². The van der Waals surface area contributed by atoms with Gasteiger partial charge < -0.3 is 4.84 Å². The minimum absolute atomic E-state index is 0.429. The van der Waals surface area contributed by atoms with Gasteiger partial charge in [0, 0.05) is 0 Å². The standard InChI is InChI=1S/C12H9NO2S/c14-12(11-7-4-8-16-11)15-13-9-10-5-2-1-3-6-10/h1-9H. The molecule has 0 amide bonds. The molecule has 0 spiro atoms. The third-order valence-corrected chi connectivity index (χ3v) is 2.71. The minimum atomic E-state index is -0.429. The van der Waals surface area contributed by atoms with Crippen LogP contribution in [-0.2, 0) is 4.84 Å². The number of hydrogen-bond acceptors (Lipinski definition) is 4. The number of thiophene rings is 1. The summed E-state index contributed by atoms with van der Waals surface area (Å²) in [5.41, 5.74) is 0.890. The summed E-state index contributed by atoms with van der Waals surface area (Å²) in [4.78, 5) is 16.6. The number of nitrogens with zero attached hydrogens (tertiary/aromatic N) is 1. The maximum Gasteiger partial charge on any atom is 0.375 e. The predicted molar refractivity (Wildman–Crippen MR) is 63.8 cm³/mol. The molecule has 1 aromatic carbocycles. The molecule has 0 unspecified atom stereocenters. The van der Waals surface area contributed by atoms with Gasteiger partial charge in [0.15, 0.2) is 0 Å². The monoisotopic (exact) mass is 231 g/mol. The van der Waals surface area contributed by atoms with E-state index in [1.54, 1.807) is 12.1 Å². The Bertz CT molecular complexity index is 477. The highest BCUT2D eigenvalue weighted by Gasteiger charge is 2.06. The number of hydrogen-bond donors (Lipinski definition) is 0. The number of benzene rings is 1. The molecule has 0 fully saturated rings. The van der Waals surface area contributed by atoms with Gasteiger partial charge in [0.25, 0.3) is 0 Å². The summed E-state index contributed by atoms with van der Waals surface area (Å²) >= 11 is 1.33. The molecule has 0 saturated carbocycles. The molecule has 0 aliphatic carbocycles. The van der Waals surface area contributed by atoms with E-state index < -0.39 is 5.97 Å². The van der Waals surface area contributed by atoms with E-state index in [0.29, 0.717) is 4.88 Å². The number of carbonyl (C=O) groups excluding carboxylic acids is 1. The fraction of sp³-hybridized carbons (Fsp3) is 0. The fourth-order valence-corrected chi connectivity index (χ4v) is 1.71. The Morgan fingerprint density at radius 3 is 2.69 bits per heavy atom. The average Bonchev–Trinajstić information content (AvgIpc) is 2.84. The average molecular weight is 231 g/mol. The highest BCUT2D eigenvalue weighted by Crippen LogP contribution is 2.09. The molecule has 16 heavy (non-hydrogen) atoms. The first-order valence-corrected chi connectivity index (χ1v) is 5.57. The van der Waals surface area contributed by atoms with E-state index in [0.717, 1.165) is 5.56 Å². The van der Waals surface area contributed by atoms with Gasteiger partial charge in [-0.05, 0) is 17.0 Å². The number of oxime groups is 1. The molecule has 0 bridgehead atoms. The van der Waals surface area contributed by atoms with Gasteiger partial charge in [-0.3, -0.25) is 0 Å². The molecular weight excluding hydrogens is 222 g/mol. The second-order valence-corrected chi connectivity index (χ2v) is 3.95. The first kappa shape index (κ1) is 10.6. The van der Waals surface area contributed by atoms with Crippen LogP contribution in [0.1, 0.15) is 15.2 Å². The van der Waals surface area contributed by atoms with Crippen molar-refractivity contribution in [3.8, 4) is 0 Å². The molecule has 0 N–H and O–H groups in total. The Morgan fingerprint density at radius 1 is 1.19 bits per heavy atom. The van der Waals surface area contributed by atoms with Crippen LogP contribution in [0.15, 0.2) is 53.0 Å². The molecule has 0 aliphatic heterocycles. The van der Waals surface area contributed by atoms with Crippen molar-refractivity contribution in [1.82, 2.24) is 0 Å². The van der Waals surface area contributed by atoms with Crippen LogP contribution < -0.4 is 0 Å². The fourth-order valence-electron chi connectivity index (χ4n) is 1.11. The van der Waals surface area contributed by atoms with Crippen molar-refractivity contribution in [2.75, 3.05) is 0 Å². The molecule has 1 heterocycles. The summed E-state index contributed by atoms with van der Waals surface area (Å²) < 4.78 is 0. The Morgan fingerprint density at radius 2 is 2.00 bits per heavy atom. The smallest absolute Gasteiger partial charge is 0.312 e. The molecule has 1 aromatic heterocycles. The van der Waals surface area contributed by atoms with E-state index in [-0.39, 0.29) is 0 Å². The van der Waals surface area contributed by atoms with Gasteiger partial charge >= 0.3 is 5.97 Å². The molecule has 0 aliphatic rings. The quantitative estimate of drug-likeness (QED) is 0.463. The van der Waals surface area contributed by atoms with Gasteiger partial charge in [0.1, 0.15) is 4.88 Å². The van der Waals surface area contributed by atoms with Gasteiger partial charge in [-0.2, -0.15) is 0 Å². The molecule has 0 atom stereocenters. The zero-order chi connectivity index (χ0) is 11.2. The maximum absolute atomic E-state index is 11.4. The van der Waals surface area contributed by atoms with Crippen LogP contribution in [0.2, 0.25) is 0 Å².